The Hall–Kier alpha value is -2.12. The van der Waals surface area contributed by atoms with Crippen LogP contribution in [0.25, 0.3) is 0 Å². The summed E-state index contributed by atoms with van der Waals surface area (Å²) in [5.41, 5.74) is 3.30. The van der Waals surface area contributed by atoms with Gasteiger partial charge in [-0.15, -0.1) is 0 Å². The number of methoxy groups -OCH3 is 1. The van der Waals surface area contributed by atoms with E-state index >= 15 is 0 Å². The van der Waals surface area contributed by atoms with Gasteiger partial charge in [0, 0.05) is 17.8 Å². The largest absolute Gasteiger partial charge is 0.496 e. The second kappa shape index (κ2) is 7.63. The first kappa shape index (κ1) is 18.7. The Morgan fingerprint density at radius 3 is 2.69 bits per heavy atom. The van der Waals surface area contributed by atoms with Gasteiger partial charge in [-0.05, 0) is 63.2 Å². The predicted molar refractivity (Wildman–Crippen MR) is 103 cm³/mol. The topological polar surface area (TPSA) is 71.5 Å². The van der Waals surface area contributed by atoms with Gasteiger partial charge in [0.05, 0.1) is 18.5 Å². The van der Waals surface area contributed by atoms with Crippen LogP contribution in [0.1, 0.15) is 23.2 Å². The highest BCUT2D eigenvalue weighted by Gasteiger charge is 2.26. The molecule has 1 aromatic heterocycles. The average molecular weight is 375 g/mol. The molecule has 0 aliphatic heterocycles. The molecule has 0 saturated carbocycles. The van der Waals surface area contributed by atoms with Gasteiger partial charge in [0.15, 0.2) is 0 Å². The van der Waals surface area contributed by atoms with E-state index in [0.717, 1.165) is 36.1 Å². The molecule has 1 heterocycles. The van der Waals surface area contributed by atoms with Crippen molar-refractivity contribution in [2.24, 2.45) is 0 Å². The molecular weight excluding hydrogens is 350 g/mol. The third-order valence-electron chi connectivity index (χ3n) is 4.84. The number of hydrogen-bond acceptors (Lipinski definition) is 5. The number of anilines is 1. The van der Waals surface area contributed by atoms with Crippen LogP contribution < -0.4 is 9.46 Å². The van der Waals surface area contributed by atoms with Crippen molar-refractivity contribution in [3.8, 4) is 5.75 Å². The number of pyridine rings is 1. The Labute approximate surface area is 155 Å². The SMILES string of the molecule is COc1ccc(NS(=O)(=O)Cc2ccccn2)c2c1C[C@@H](N(C)C)CC2. The zero-order valence-corrected chi connectivity index (χ0v) is 16.2. The summed E-state index contributed by atoms with van der Waals surface area (Å²) in [4.78, 5) is 6.31. The van der Waals surface area contributed by atoms with Gasteiger partial charge in [-0.3, -0.25) is 9.71 Å². The molecule has 0 radical (unpaired) electrons. The monoisotopic (exact) mass is 375 g/mol. The lowest BCUT2D eigenvalue weighted by Crippen LogP contribution is -2.34. The van der Waals surface area contributed by atoms with Crippen molar-refractivity contribution in [2.45, 2.75) is 31.1 Å². The summed E-state index contributed by atoms with van der Waals surface area (Å²) in [6.07, 6.45) is 4.25. The zero-order chi connectivity index (χ0) is 18.7. The fraction of sp³-hybridized carbons (Fsp3) is 0.421. The number of likely N-dealkylation sites (N-methyl/N-ethyl adjacent to an activating group) is 1. The predicted octanol–water partition coefficient (Wildman–Crippen LogP) is 2.45. The molecule has 1 aliphatic carbocycles. The van der Waals surface area contributed by atoms with Crippen molar-refractivity contribution in [1.82, 2.24) is 9.88 Å². The van der Waals surface area contributed by atoms with E-state index in [9.17, 15) is 8.42 Å². The lowest BCUT2D eigenvalue weighted by molar-refractivity contribution is 0.265. The van der Waals surface area contributed by atoms with Crippen molar-refractivity contribution in [3.63, 3.8) is 0 Å². The van der Waals surface area contributed by atoms with E-state index < -0.39 is 10.0 Å². The van der Waals surface area contributed by atoms with Crippen LogP contribution in [0.4, 0.5) is 5.69 Å². The Bertz CT molecular complexity index is 867. The quantitative estimate of drug-likeness (QED) is 0.840. The first-order valence-electron chi connectivity index (χ1n) is 8.65. The van der Waals surface area contributed by atoms with Gasteiger partial charge in [0.1, 0.15) is 11.5 Å². The van der Waals surface area contributed by atoms with Gasteiger partial charge >= 0.3 is 0 Å². The molecule has 0 bridgehead atoms. The molecule has 3 rings (SSSR count). The third-order valence-corrected chi connectivity index (χ3v) is 6.04. The summed E-state index contributed by atoms with van der Waals surface area (Å²) in [5.74, 6) is 0.675. The first-order valence-corrected chi connectivity index (χ1v) is 10.3. The van der Waals surface area contributed by atoms with Crippen molar-refractivity contribution in [3.05, 3.63) is 53.3 Å². The van der Waals surface area contributed by atoms with E-state index in [0.29, 0.717) is 17.4 Å². The van der Waals surface area contributed by atoms with E-state index in [2.05, 4.69) is 28.7 Å². The standard InChI is InChI=1S/C19H25N3O3S/c1-22(2)15-7-8-16-17(12-15)19(25-3)10-9-18(16)21-26(23,24)13-14-6-4-5-11-20-14/h4-6,9-11,15,21H,7-8,12-13H2,1-3H3/t15-/m0/s1. The van der Waals surface area contributed by atoms with E-state index in [1.165, 1.54) is 0 Å². The molecule has 7 heteroatoms. The Morgan fingerprint density at radius 1 is 1.23 bits per heavy atom. The maximum atomic E-state index is 12.6. The van der Waals surface area contributed by atoms with Crippen LogP contribution >= 0.6 is 0 Å². The summed E-state index contributed by atoms with van der Waals surface area (Å²) >= 11 is 0. The van der Waals surface area contributed by atoms with Gasteiger partial charge in [-0.25, -0.2) is 8.42 Å². The molecule has 0 amide bonds. The second-order valence-electron chi connectivity index (χ2n) is 6.81. The summed E-state index contributed by atoms with van der Waals surface area (Å²) < 4.78 is 33.5. The minimum absolute atomic E-state index is 0.144. The molecule has 1 aliphatic rings. The molecular formula is C19H25N3O3S. The van der Waals surface area contributed by atoms with Crippen LogP contribution in [-0.4, -0.2) is 45.5 Å². The number of nitrogens with one attached hydrogen (secondary N) is 1. The van der Waals surface area contributed by atoms with Crippen molar-refractivity contribution < 1.29 is 13.2 Å². The lowest BCUT2D eigenvalue weighted by Gasteiger charge is -2.32. The van der Waals surface area contributed by atoms with Gasteiger partial charge < -0.3 is 9.64 Å². The number of benzene rings is 1. The Morgan fingerprint density at radius 2 is 2.04 bits per heavy atom. The highest BCUT2D eigenvalue weighted by atomic mass is 32.2. The molecule has 26 heavy (non-hydrogen) atoms. The average Bonchev–Trinajstić information content (AvgIpc) is 2.61. The molecule has 1 N–H and O–H groups in total. The first-order chi connectivity index (χ1) is 12.4. The van der Waals surface area contributed by atoms with Gasteiger partial charge in [0.25, 0.3) is 0 Å². The molecule has 140 valence electrons. The van der Waals surface area contributed by atoms with E-state index in [1.807, 2.05) is 6.07 Å². The van der Waals surface area contributed by atoms with E-state index in [-0.39, 0.29) is 5.75 Å². The van der Waals surface area contributed by atoms with Crippen molar-refractivity contribution in [1.29, 1.82) is 0 Å². The number of sulfonamides is 1. The smallest absolute Gasteiger partial charge is 0.238 e. The normalized spacial score (nSPS) is 17.0. The highest BCUT2D eigenvalue weighted by molar-refractivity contribution is 7.91. The Balaban J connectivity index is 1.88. The van der Waals surface area contributed by atoms with E-state index in [4.69, 9.17) is 4.74 Å². The van der Waals surface area contributed by atoms with Gasteiger partial charge in [-0.1, -0.05) is 6.07 Å². The third kappa shape index (κ3) is 4.16. The molecule has 1 aromatic carbocycles. The van der Waals surface area contributed by atoms with Gasteiger partial charge in [-0.2, -0.15) is 0 Å². The minimum atomic E-state index is -3.53. The maximum Gasteiger partial charge on any atom is 0.238 e. The minimum Gasteiger partial charge on any atom is -0.496 e. The number of fused-ring (bicyclic) bond motifs is 1. The number of hydrogen-bond donors (Lipinski definition) is 1. The summed E-state index contributed by atoms with van der Waals surface area (Å²) in [5, 5.41) is 0. The van der Waals surface area contributed by atoms with Crippen LogP contribution in [0.3, 0.4) is 0 Å². The van der Waals surface area contributed by atoms with Crippen LogP contribution in [-0.2, 0) is 28.6 Å². The number of ether oxygens (including phenoxy) is 1. The maximum absolute atomic E-state index is 12.6. The summed E-state index contributed by atoms with van der Waals surface area (Å²) in [7, 11) is 2.26. The molecule has 1 atom stereocenters. The zero-order valence-electron chi connectivity index (χ0n) is 15.4. The Kier molecular flexibility index (Phi) is 5.48. The molecule has 6 nitrogen and oxygen atoms in total. The number of nitrogens with zero attached hydrogens (tertiary/aromatic N) is 2. The lowest BCUT2D eigenvalue weighted by atomic mass is 9.86. The van der Waals surface area contributed by atoms with E-state index in [1.54, 1.807) is 37.6 Å². The number of aromatic nitrogens is 1. The highest BCUT2D eigenvalue weighted by Crippen LogP contribution is 2.36. The van der Waals surface area contributed by atoms with Crippen LogP contribution in [0.15, 0.2) is 36.5 Å². The summed E-state index contributed by atoms with van der Waals surface area (Å²) in [6, 6.07) is 9.33. The fourth-order valence-electron chi connectivity index (χ4n) is 3.44. The molecule has 0 unspecified atom stereocenters. The fourth-order valence-corrected chi connectivity index (χ4v) is 4.60. The molecule has 0 fully saturated rings. The molecule has 0 saturated heterocycles. The number of rotatable bonds is 6. The van der Waals surface area contributed by atoms with Crippen LogP contribution in [0, 0.1) is 0 Å². The molecule has 0 spiro atoms. The van der Waals surface area contributed by atoms with Gasteiger partial charge in [0.2, 0.25) is 10.0 Å². The molecule has 2 aromatic rings. The van der Waals surface area contributed by atoms with Crippen molar-refractivity contribution in [2.75, 3.05) is 25.9 Å². The van der Waals surface area contributed by atoms with Crippen molar-refractivity contribution >= 4 is 15.7 Å². The second-order valence-corrected chi connectivity index (χ2v) is 8.54. The van der Waals surface area contributed by atoms with Crippen LogP contribution in [0.2, 0.25) is 0 Å². The summed E-state index contributed by atoms with van der Waals surface area (Å²) in [6.45, 7) is 0. The van der Waals surface area contributed by atoms with Crippen LogP contribution in [0.5, 0.6) is 5.75 Å².